The zero-order chi connectivity index (χ0) is 29.5. The van der Waals surface area contributed by atoms with Gasteiger partial charge in [-0.05, 0) is 12.8 Å². The topological polar surface area (TPSA) is 93.1 Å². The number of aliphatic hydroxyl groups is 2. The Morgan fingerprint density at radius 2 is 0.875 bits per heavy atom. The van der Waals surface area contributed by atoms with Gasteiger partial charge in [0.1, 0.15) is 0 Å². The van der Waals surface area contributed by atoms with Crippen molar-refractivity contribution in [3.8, 4) is 0 Å². The summed E-state index contributed by atoms with van der Waals surface area (Å²) < 4.78 is 0. The van der Waals surface area contributed by atoms with E-state index in [1.54, 1.807) is 0 Å². The van der Waals surface area contributed by atoms with Crippen LogP contribution in [0.4, 0.5) is 0 Å². The second-order valence-corrected chi connectivity index (χ2v) is 11.9. The van der Waals surface area contributed by atoms with Crippen molar-refractivity contribution in [2.45, 2.75) is 193 Å². The third-order valence-corrected chi connectivity index (χ3v) is 8.02. The lowest BCUT2D eigenvalue weighted by atomic mass is 9.95. The maximum atomic E-state index is 12.4. The van der Waals surface area contributed by atoms with Gasteiger partial charge in [0.15, 0.2) is 0 Å². The van der Waals surface area contributed by atoms with Gasteiger partial charge in [0.2, 0.25) is 0 Å². The summed E-state index contributed by atoms with van der Waals surface area (Å²) in [4.78, 5) is 33.8. The van der Waals surface area contributed by atoms with Gasteiger partial charge in [0.05, 0.1) is 25.0 Å². The Balaban J connectivity index is 3.79. The van der Waals surface area contributed by atoms with Crippen molar-refractivity contribution in [2.75, 3.05) is 6.61 Å². The molecule has 6 heteroatoms. The van der Waals surface area contributed by atoms with Crippen LogP contribution in [0.15, 0.2) is 0 Å². The molecule has 2 N–H and O–H groups in total. The molecule has 0 bridgehead atoms. The number of rotatable bonds is 30. The summed E-state index contributed by atoms with van der Waals surface area (Å²) in [5.74, 6) is -2.21. The molecule has 0 saturated carbocycles. The molecule has 238 valence electrons. The van der Waals surface area contributed by atoms with E-state index in [0.717, 1.165) is 32.1 Å². The number of aliphatic hydroxyl groups excluding tert-OH is 2. The quantitative estimate of drug-likeness (QED) is 0.0507. The predicted molar refractivity (Wildman–Crippen MR) is 165 cm³/mol. The van der Waals surface area contributed by atoms with Crippen LogP contribution in [0.1, 0.15) is 187 Å². The Bertz CT molecular complexity index is 553. The summed E-state index contributed by atoms with van der Waals surface area (Å²) in [7, 11) is 0. The van der Waals surface area contributed by atoms with Crippen LogP contribution in [-0.4, -0.2) is 34.9 Å². The van der Waals surface area contributed by atoms with E-state index in [0.29, 0.717) is 12.8 Å². The van der Waals surface area contributed by atoms with Gasteiger partial charge >= 0.3 is 11.9 Å². The summed E-state index contributed by atoms with van der Waals surface area (Å²) >= 11 is 0. The van der Waals surface area contributed by atoms with Crippen LogP contribution in [-0.2, 0) is 19.4 Å². The van der Waals surface area contributed by atoms with Gasteiger partial charge in [0.25, 0.3) is 0 Å². The first-order valence-corrected chi connectivity index (χ1v) is 17.3. The maximum Gasteiger partial charge on any atom is 0.361 e. The molecule has 0 amide bonds. The summed E-state index contributed by atoms with van der Waals surface area (Å²) in [6.45, 7) is 3.97. The van der Waals surface area contributed by atoms with Crippen LogP contribution >= 0.6 is 0 Å². The highest BCUT2D eigenvalue weighted by molar-refractivity contribution is 5.75. The summed E-state index contributed by atoms with van der Waals surface area (Å²) in [5, 5.41) is 19.4. The fourth-order valence-corrected chi connectivity index (χ4v) is 5.28. The molecule has 0 heterocycles. The molecule has 0 aromatic heterocycles. The van der Waals surface area contributed by atoms with E-state index in [1.165, 1.54) is 122 Å². The Hall–Kier alpha value is -1.14. The molecule has 0 fully saturated rings. The molecule has 0 radical (unpaired) electrons. The number of hydrogen-bond donors (Lipinski definition) is 2. The Morgan fingerprint density at radius 3 is 1.25 bits per heavy atom. The molecule has 0 aromatic carbocycles. The summed E-state index contributed by atoms with van der Waals surface area (Å²) in [6, 6.07) is 0. The fourth-order valence-electron chi connectivity index (χ4n) is 5.28. The number of hydrogen-bond acceptors (Lipinski definition) is 6. The minimum Gasteiger partial charge on any atom is -0.394 e. The SMILES string of the molecule is CCCCCCCCCCCCCCCCC(C(=O)OOC(=O)CCCCCCCCCCCCC)C(O)CO. The average Bonchev–Trinajstić information content (AvgIpc) is 2.96. The van der Waals surface area contributed by atoms with Gasteiger partial charge in [-0.25, -0.2) is 19.4 Å². The smallest absolute Gasteiger partial charge is 0.361 e. The van der Waals surface area contributed by atoms with Crippen molar-refractivity contribution in [2.24, 2.45) is 5.92 Å². The van der Waals surface area contributed by atoms with E-state index in [2.05, 4.69) is 13.8 Å². The maximum absolute atomic E-state index is 12.4. The lowest BCUT2D eigenvalue weighted by molar-refractivity contribution is -0.264. The molecule has 0 aliphatic heterocycles. The first-order chi connectivity index (χ1) is 19.6. The highest BCUT2D eigenvalue weighted by Crippen LogP contribution is 2.19. The van der Waals surface area contributed by atoms with Crippen molar-refractivity contribution in [3.05, 3.63) is 0 Å². The molecule has 0 aliphatic carbocycles. The number of carbonyl (C=O) groups excluding carboxylic acids is 2. The first-order valence-electron chi connectivity index (χ1n) is 17.3. The third kappa shape index (κ3) is 25.8. The van der Waals surface area contributed by atoms with Gasteiger partial charge < -0.3 is 10.2 Å². The second-order valence-electron chi connectivity index (χ2n) is 11.9. The Morgan fingerprint density at radius 1 is 0.525 bits per heavy atom. The van der Waals surface area contributed by atoms with Crippen molar-refractivity contribution in [1.29, 1.82) is 0 Å². The molecule has 40 heavy (non-hydrogen) atoms. The minimum absolute atomic E-state index is 0.219. The normalized spacial score (nSPS) is 12.8. The van der Waals surface area contributed by atoms with Crippen LogP contribution in [0.25, 0.3) is 0 Å². The highest BCUT2D eigenvalue weighted by Gasteiger charge is 2.29. The molecule has 0 aromatic rings. The summed E-state index contributed by atoms with van der Waals surface area (Å²) in [6.07, 6.45) is 30.0. The molecule has 6 nitrogen and oxygen atoms in total. The van der Waals surface area contributed by atoms with E-state index in [-0.39, 0.29) is 6.42 Å². The van der Waals surface area contributed by atoms with Gasteiger partial charge in [-0.3, -0.25) is 0 Å². The standard InChI is InChI=1S/C34H66O6/c1-3-5-7-9-11-13-15-16-17-19-20-22-24-26-28-31(32(36)30-35)34(38)40-39-33(37)29-27-25-23-21-18-14-12-10-8-6-4-2/h31-32,35-36H,3-30H2,1-2H3. The zero-order valence-electron chi connectivity index (χ0n) is 26.5. The van der Waals surface area contributed by atoms with E-state index in [9.17, 15) is 19.8 Å². The molecule has 0 spiro atoms. The van der Waals surface area contributed by atoms with E-state index in [1.807, 2.05) is 0 Å². The van der Waals surface area contributed by atoms with Crippen molar-refractivity contribution < 1.29 is 29.6 Å². The lowest BCUT2D eigenvalue weighted by Crippen LogP contribution is -2.33. The largest absolute Gasteiger partial charge is 0.394 e. The molecule has 0 saturated heterocycles. The van der Waals surface area contributed by atoms with Gasteiger partial charge in [-0.15, -0.1) is 0 Å². The van der Waals surface area contributed by atoms with Crippen molar-refractivity contribution in [3.63, 3.8) is 0 Å². The van der Waals surface area contributed by atoms with Crippen LogP contribution in [0.5, 0.6) is 0 Å². The molecular weight excluding hydrogens is 504 g/mol. The monoisotopic (exact) mass is 570 g/mol. The van der Waals surface area contributed by atoms with Gasteiger partial charge in [-0.1, -0.05) is 168 Å². The first kappa shape index (κ1) is 38.9. The fraction of sp³-hybridized carbons (Fsp3) is 0.941. The zero-order valence-corrected chi connectivity index (χ0v) is 26.5. The number of carbonyl (C=O) groups is 2. The van der Waals surface area contributed by atoms with Crippen LogP contribution in [0, 0.1) is 5.92 Å². The molecular formula is C34H66O6. The van der Waals surface area contributed by atoms with Crippen LogP contribution in [0.3, 0.4) is 0 Å². The average molecular weight is 571 g/mol. The Kier molecular flexibility index (Phi) is 29.9. The molecule has 0 rings (SSSR count). The Labute approximate surface area is 247 Å². The lowest BCUT2D eigenvalue weighted by Gasteiger charge is -2.18. The van der Waals surface area contributed by atoms with Crippen molar-refractivity contribution in [1.82, 2.24) is 0 Å². The van der Waals surface area contributed by atoms with E-state index < -0.39 is 30.6 Å². The van der Waals surface area contributed by atoms with Crippen LogP contribution in [0.2, 0.25) is 0 Å². The molecule has 2 unspecified atom stereocenters. The van der Waals surface area contributed by atoms with E-state index in [4.69, 9.17) is 9.78 Å². The third-order valence-electron chi connectivity index (χ3n) is 8.02. The van der Waals surface area contributed by atoms with Gasteiger partial charge in [-0.2, -0.15) is 0 Å². The number of unbranched alkanes of at least 4 members (excludes halogenated alkanes) is 23. The highest BCUT2D eigenvalue weighted by atomic mass is 17.2. The summed E-state index contributed by atoms with van der Waals surface area (Å²) in [5.41, 5.74) is 0. The van der Waals surface area contributed by atoms with E-state index >= 15 is 0 Å². The van der Waals surface area contributed by atoms with Crippen molar-refractivity contribution >= 4 is 11.9 Å². The molecule has 2 atom stereocenters. The second kappa shape index (κ2) is 30.8. The van der Waals surface area contributed by atoms with Gasteiger partial charge in [0, 0.05) is 0 Å². The predicted octanol–water partition coefficient (Wildman–Crippen LogP) is 9.53. The van der Waals surface area contributed by atoms with Crippen LogP contribution < -0.4 is 0 Å². The molecule has 0 aliphatic rings. The minimum atomic E-state index is -1.21.